The molecular weight excluding hydrogens is 324 g/mol. The summed E-state index contributed by atoms with van der Waals surface area (Å²) in [6, 6.07) is 4.23. The maximum atomic E-state index is 11.5. The van der Waals surface area contributed by atoms with Gasteiger partial charge in [0.2, 0.25) is 11.1 Å². The van der Waals surface area contributed by atoms with Gasteiger partial charge in [0.15, 0.2) is 0 Å². The van der Waals surface area contributed by atoms with Crippen molar-refractivity contribution in [3.8, 4) is 17.2 Å². The summed E-state index contributed by atoms with van der Waals surface area (Å²) in [5.41, 5.74) is 5.43. The molecule has 3 amide bonds. The Labute approximate surface area is 135 Å². The van der Waals surface area contributed by atoms with Gasteiger partial charge in [-0.25, -0.2) is 4.79 Å². The van der Waals surface area contributed by atoms with E-state index in [1.54, 1.807) is 18.2 Å². The van der Waals surface area contributed by atoms with E-state index >= 15 is 0 Å². The van der Waals surface area contributed by atoms with Gasteiger partial charge in [0.1, 0.15) is 17.2 Å². The predicted octanol–water partition coefficient (Wildman–Crippen LogP) is -0.0335. The molecular formula is C12H14N6O4S. The molecule has 10 nitrogen and oxygen atoms in total. The maximum Gasteiger partial charge on any atom is 0.318 e. The second-order valence-electron chi connectivity index (χ2n) is 4.11. The van der Waals surface area contributed by atoms with Crippen molar-refractivity contribution in [2.45, 2.75) is 5.16 Å². The number of rotatable bonds is 6. The number of primary amides is 1. The smallest absolute Gasteiger partial charge is 0.318 e. The number of benzene rings is 1. The minimum Gasteiger partial charge on any atom is -0.497 e. The third-order valence-corrected chi connectivity index (χ3v) is 3.57. The van der Waals surface area contributed by atoms with Crippen molar-refractivity contribution >= 4 is 23.7 Å². The number of hydrogen-bond donors (Lipinski definition) is 2. The third kappa shape index (κ3) is 4.10. The molecule has 122 valence electrons. The lowest BCUT2D eigenvalue weighted by Gasteiger charge is -2.11. The van der Waals surface area contributed by atoms with Gasteiger partial charge in [0.25, 0.3) is 0 Å². The van der Waals surface area contributed by atoms with E-state index in [4.69, 9.17) is 15.2 Å². The first kappa shape index (κ1) is 16.5. The summed E-state index contributed by atoms with van der Waals surface area (Å²) >= 11 is 1.04. The molecule has 0 aliphatic heterocycles. The number of aromatic nitrogens is 4. The highest BCUT2D eigenvalue weighted by Gasteiger charge is 2.16. The van der Waals surface area contributed by atoms with Gasteiger partial charge < -0.3 is 15.2 Å². The van der Waals surface area contributed by atoms with Crippen molar-refractivity contribution < 1.29 is 19.1 Å². The molecule has 0 fully saturated rings. The first-order valence-electron chi connectivity index (χ1n) is 6.28. The molecule has 11 heteroatoms. The molecule has 0 saturated heterocycles. The van der Waals surface area contributed by atoms with E-state index < -0.39 is 11.9 Å². The van der Waals surface area contributed by atoms with Crippen LogP contribution in [0.2, 0.25) is 0 Å². The zero-order valence-electron chi connectivity index (χ0n) is 12.3. The van der Waals surface area contributed by atoms with Crippen molar-refractivity contribution in [2.24, 2.45) is 5.73 Å². The fourth-order valence-electron chi connectivity index (χ4n) is 1.69. The van der Waals surface area contributed by atoms with Gasteiger partial charge in [-0.2, -0.15) is 4.68 Å². The standard InChI is InChI=1S/C12H14N6O4S/c1-21-7-3-4-9(22-2)8(5-7)18-12(15-16-17-18)23-6-10(19)14-11(13)20/h3-5H,6H2,1-2H3,(H3,13,14,19,20). The van der Waals surface area contributed by atoms with Gasteiger partial charge in [-0.05, 0) is 22.6 Å². The van der Waals surface area contributed by atoms with Gasteiger partial charge in [-0.3, -0.25) is 10.1 Å². The van der Waals surface area contributed by atoms with E-state index in [9.17, 15) is 9.59 Å². The Balaban J connectivity index is 2.24. The van der Waals surface area contributed by atoms with Crippen LogP contribution in [0.4, 0.5) is 4.79 Å². The minimum atomic E-state index is -0.912. The van der Waals surface area contributed by atoms with E-state index in [0.29, 0.717) is 22.3 Å². The average Bonchev–Trinajstić information content (AvgIpc) is 3.00. The first-order valence-corrected chi connectivity index (χ1v) is 7.26. The van der Waals surface area contributed by atoms with Gasteiger partial charge in [-0.15, -0.1) is 5.10 Å². The lowest BCUT2D eigenvalue weighted by Crippen LogP contribution is -2.36. The Morgan fingerprint density at radius 3 is 2.78 bits per heavy atom. The summed E-state index contributed by atoms with van der Waals surface area (Å²) in [7, 11) is 3.05. The molecule has 0 unspecified atom stereocenters. The molecule has 23 heavy (non-hydrogen) atoms. The van der Waals surface area contributed by atoms with Crippen molar-refractivity contribution in [3.05, 3.63) is 18.2 Å². The number of nitrogens with two attached hydrogens (primary N) is 1. The molecule has 2 aromatic rings. The molecule has 2 rings (SSSR count). The van der Waals surface area contributed by atoms with Gasteiger partial charge >= 0.3 is 6.03 Å². The van der Waals surface area contributed by atoms with Crippen LogP contribution in [-0.4, -0.2) is 52.1 Å². The number of methoxy groups -OCH3 is 2. The highest BCUT2D eigenvalue weighted by molar-refractivity contribution is 7.99. The van der Waals surface area contributed by atoms with E-state index in [1.807, 2.05) is 5.32 Å². The van der Waals surface area contributed by atoms with Gasteiger partial charge in [-0.1, -0.05) is 11.8 Å². The number of nitrogens with one attached hydrogen (secondary N) is 1. The molecule has 0 aliphatic carbocycles. The number of imide groups is 1. The van der Waals surface area contributed by atoms with Gasteiger partial charge in [0, 0.05) is 6.07 Å². The fourth-order valence-corrected chi connectivity index (χ4v) is 2.37. The normalized spacial score (nSPS) is 10.2. The van der Waals surface area contributed by atoms with Crippen molar-refractivity contribution in [1.29, 1.82) is 0 Å². The van der Waals surface area contributed by atoms with E-state index in [-0.39, 0.29) is 5.75 Å². The monoisotopic (exact) mass is 338 g/mol. The summed E-state index contributed by atoms with van der Waals surface area (Å²) in [5, 5.41) is 13.6. The molecule has 0 atom stereocenters. The van der Waals surface area contributed by atoms with Crippen LogP contribution in [0.3, 0.4) is 0 Å². The molecule has 1 heterocycles. The quantitative estimate of drug-likeness (QED) is 0.701. The Morgan fingerprint density at radius 1 is 1.35 bits per heavy atom. The Bertz CT molecular complexity index is 719. The summed E-state index contributed by atoms with van der Waals surface area (Å²) < 4.78 is 11.9. The van der Waals surface area contributed by atoms with Crippen LogP contribution in [0.5, 0.6) is 11.5 Å². The van der Waals surface area contributed by atoms with Gasteiger partial charge in [0.05, 0.1) is 20.0 Å². The molecule has 0 spiro atoms. The molecule has 3 N–H and O–H groups in total. The van der Waals surface area contributed by atoms with Crippen LogP contribution in [0.25, 0.3) is 5.69 Å². The van der Waals surface area contributed by atoms with Crippen molar-refractivity contribution in [1.82, 2.24) is 25.5 Å². The van der Waals surface area contributed by atoms with Crippen LogP contribution < -0.4 is 20.5 Å². The highest BCUT2D eigenvalue weighted by Crippen LogP contribution is 2.29. The van der Waals surface area contributed by atoms with Crippen molar-refractivity contribution in [3.63, 3.8) is 0 Å². The number of nitrogens with zero attached hydrogens (tertiary/aromatic N) is 4. The maximum absolute atomic E-state index is 11.5. The number of thioether (sulfide) groups is 1. The highest BCUT2D eigenvalue weighted by atomic mass is 32.2. The second-order valence-corrected chi connectivity index (χ2v) is 5.05. The Kier molecular flexibility index (Phi) is 5.36. The second kappa shape index (κ2) is 7.45. The lowest BCUT2D eigenvalue weighted by atomic mass is 10.3. The number of tetrazole rings is 1. The summed E-state index contributed by atoms with van der Waals surface area (Å²) in [5.74, 6) is 0.505. The molecule has 1 aromatic carbocycles. The number of urea groups is 1. The van der Waals surface area contributed by atoms with E-state index in [2.05, 4.69) is 15.5 Å². The number of carbonyl (C=O) groups is 2. The summed E-state index contributed by atoms with van der Waals surface area (Å²) in [6.45, 7) is 0. The van der Waals surface area contributed by atoms with E-state index in [0.717, 1.165) is 11.8 Å². The number of carbonyl (C=O) groups excluding carboxylic acids is 2. The third-order valence-electron chi connectivity index (χ3n) is 2.65. The topological polar surface area (TPSA) is 134 Å². The number of ether oxygens (including phenoxy) is 2. The SMILES string of the molecule is COc1ccc(OC)c(-n2nnnc2SCC(=O)NC(N)=O)c1. The zero-order chi connectivity index (χ0) is 16.8. The lowest BCUT2D eigenvalue weighted by molar-refractivity contribution is -0.117. The summed E-state index contributed by atoms with van der Waals surface area (Å²) in [4.78, 5) is 22.1. The molecule has 0 aliphatic rings. The summed E-state index contributed by atoms with van der Waals surface area (Å²) in [6.07, 6.45) is 0. The van der Waals surface area contributed by atoms with Crippen LogP contribution in [0, 0.1) is 0 Å². The minimum absolute atomic E-state index is 0.0738. The van der Waals surface area contributed by atoms with Crippen LogP contribution >= 0.6 is 11.8 Å². The predicted molar refractivity (Wildman–Crippen MR) is 80.7 cm³/mol. The number of hydrogen-bond acceptors (Lipinski definition) is 8. The van der Waals surface area contributed by atoms with Crippen LogP contribution in [0.15, 0.2) is 23.4 Å². The zero-order valence-corrected chi connectivity index (χ0v) is 13.2. The Hall–Kier alpha value is -2.82. The fraction of sp³-hybridized carbons (Fsp3) is 0.250. The van der Waals surface area contributed by atoms with Crippen LogP contribution in [-0.2, 0) is 4.79 Å². The molecule has 0 bridgehead atoms. The average molecular weight is 338 g/mol. The first-order chi connectivity index (χ1) is 11.0. The Morgan fingerprint density at radius 2 is 2.13 bits per heavy atom. The largest absolute Gasteiger partial charge is 0.497 e. The number of amides is 3. The molecule has 1 aromatic heterocycles. The van der Waals surface area contributed by atoms with Crippen LogP contribution in [0.1, 0.15) is 0 Å². The van der Waals surface area contributed by atoms with Crippen molar-refractivity contribution in [2.75, 3.05) is 20.0 Å². The molecule has 0 radical (unpaired) electrons. The van der Waals surface area contributed by atoms with E-state index in [1.165, 1.54) is 18.9 Å². The molecule has 0 saturated carbocycles.